The SMILES string of the molecule is CCCC(C)c1nnn(CC)n1. The van der Waals surface area contributed by atoms with E-state index in [0.29, 0.717) is 5.92 Å². The molecule has 1 atom stereocenters. The minimum absolute atomic E-state index is 0.440. The van der Waals surface area contributed by atoms with Crippen molar-refractivity contribution in [2.75, 3.05) is 0 Å². The van der Waals surface area contributed by atoms with Crippen molar-refractivity contribution in [3.8, 4) is 0 Å². The Morgan fingerprint density at radius 1 is 1.42 bits per heavy atom. The van der Waals surface area contributed by atoms with Crippen molar-refractivity contribution in [2.45, 2.75) is 46.1 Å². The van der Waals surface area contributed by atoms with E-state index >= 15 is 0 Å². The lowest BCUT2D eigenvalue weighted by atomic mass is 10.1. The number of nitrogens with zero attached hydrogens (tertiary/aromatic N) is 4. The topological polar surface area (TPSA) is 43.6 Å². The molecule has 0 spiro atoms. The van der Waals surface area contributed by atoms with E-state index in [-0.39, 0.29) is 0 Å². The maximum atomic E-state index is 4.24. The van der Waals surface area contributed by atoms with E-state index in [1.54, 1.807) is 4.80 Å². The second kappa shape index (κ2) is 4.18. The normalized spacial score (nSPS) is 13.2. The van der Waals surface area contributed by atoms with Crippen LogP contribution in [0.1, 0.15) is 45.4 Å². The molecule has 0 saturated carbocycles. The second-order valence-electron chi connectivity index (χ2n) is 3.03. The Labute approximate surface area is 73.0 Å². The van der Waals surface area contributed by atoms with Crippen molar-refractivity contribution < 1.29 is 0 Å². The summed E-state index contributed by atoms with van der Waals surface area (Å²) in [6.45, 7) is 7.11. The second-order valence-corrected chi connectivity index (χ2v) is 3.03. The third-order valence-corrected chi connectivity index (χ3v) is 1.91. The molecule has 1 rings (SSSR count). The molecule has 0 aliphatic heterocycles. The molecule has 12 heavy (non-hydrogen) atoms. The molecule has 4 heteroatoms. The summed E-state index contributed by atoms with van der Waals surface area (Å²) in [4.78, 5) is 1.63. The quantitative estimate of drug-likeness (QED) is 0.685. The van der Waals surface area contributed by atoms with Crippen molar-refractivity contribution in [1.82, 2.24) is 20.2 Å². The van der Waals surface area contributed by atoms with Crippen molar-refractivity contribution in [3.63, 3.8) is 0 Å². The standard InChI is InChI=1S/C8H16N4/c1-4-6-7(3)8-9-11-12(5-2)10-8/h7H,4-6H2,1-3H3. The highest BCUT2D eigenvalue weighted by Crippen LogP contribution is 2.14. The molecular formula is C8H16N4. The molecule has 4 nitrogen and oxygen atoms in total. The molecule has 0 aliphatic carbocycles. The summed E-state index contributed by atoms with van der Waals surface area (Å²) < 4.78 is 0. The first-order valence-corrected chi connectivity index (χ1v) is 4.55. The van der Waals surface area contributed by atoms with Gasteiger partial charge in [0, 0.05) is 5.92 Å². The van der Waals surface area contributed by atoms with E-state index in [2.05, 4.69) is 29.3 Å². The summed E-state index contributed by atoms with van der Waals surface area (Å²) >= 11 is 0. The molecule has 1 aromatic heterocycles. The summed E-state index contributed by atoms with van der Waals surface area (Å²) in [5.74, 6) is 1.31. The third kappa shape index (κ3) is 2.03. The first-order chi connectivity index (χ1) is 5.77. The number of hydrogen-bond donors (Lipinski definition) is 0. The van der Waals surface area contributed by atoms with Crippen LogP contribution in [0.2, 0.25) is 0 Å². The van der Waals surface area contributed by atoms with Crippen LogP contribution in [0.25, 0.3) is 0 Å². The van der Waals surface area contributed by atoms with Crippen LogP contribution in [0.3, 0.4) is 0 Å². The molecule has 0 radical (unpaired) electrons. The van der Waals surface area contributed by atoms with Crippen LogP contribution >= 0.6 is 0 Å². The maximum Gasteiger partial charge on any atom is 0.177 e. The van der Waals surface area contributed by atoms with Crippen LogP contribution in [-0.2, 0) is 6.54 Å². The lowest BCUT2D eigenvalue weighted by molar-refractivity contribution is 0.544. The molecule has 1 unspecified atom stereocenters. The highest BCUT2D eigenvalue weighted by atomic mass is 15.6. The zero-order valence-corrected chi connectivity index (χ0v) is 7.99. The van der Waals surface area contributed by atoms with Crippen molar-refractivity contribution in [3.05, 3.63) is 5.82 Å². The number of tetrazole rings is 1. The summed E-state index contributed by atoms with van der Waals surface area (Å²) in [6, 6.07) is 0. The highest BCUT2D eigenvalue weighted by Gasteiger charge is 2.09. The predicted octanol–water partition coefficient (Wildman–Crippen LogP) is 1.60. The molecule has 0 N–H and O–H groups in total. The van der Waals surface area contributed by atoms with E-state index in [0.717, 1.165) is 18.8 Å². The smallest absolute Gasteiger partial charge is 0.164 e. The molecular weight excluding hydrogens is 152 g/mol. The van der Waals surface area contributed by atoms with E-state index in [1.165, 1.54) is 6.42 Å². The number of rotatable bonds is 4. The van der Waals surface area contributed by atoms with Gasteiger partial charge in [-0.1, -0.05) is 20.3 Å². The van der Waals surface area contributed by atoms with Gasteiger partial charge in [-0.3, -0.25) is 0 Å². The molecule has 0 amide bonds. The van der Waals surface area contributed by atoms with E-state index < -0.39 is 0 Å². The van der Waals surface area contributed by atoms with Crippen molar-refractivity contribution in [2.24, 2.45) is 0 Å². The van der Waals surface area contributed by atoms with Gasteiger partial charge in [0.25, 0.3) is 0 Å². The van der Waals surface area contributed by atoms with Crippen molar-refractivity contribution in [1.29, 1.82) is 0 Å². The minimum atomic E-state index is 0.440. The van der Waals surface area contributed by atoms with Crippen LogP contribution in [0, 0.1) is 0 Å². The number of hydrogen-bond acceptors (Lipinski definition) is 3. The van der Waals surface area contributed by atoms with Crippen LogP contribution in [0.15, 0.2) is 0 Å². The zero-order chi connectivity index (χ0) is 8.97. The van der Waals surface area contributed by atoms with Gasteiger partial charge in [-0.2, -0.15) is 4.80 Å². The van der Waals surface area contributed by atoms with Crippen molar-refractivity contribution >= 4 is 0 Å². The van der Waals surface area contributed by atoms with Gasteiger partial charge in [0.2, 0.25) is 0 Å². The fraction of sp³-hybridized carbons (Fsp3) is 0.875. The van der Waals surface area contributed by atoms with E-state index in [1.807, 2.05) is 6.92 Å². The molecule has 1 heterocycles. The summed E-state index contributed by atoms with van der Waals surface area (Å²) in [7, 11) is 0. The highest BCUT2D eigenvalue weighted by molar-refractivity contribution is 4.87. The lowest BCUT2D eigenvalue weighted by Gasteiger charge is -2.01. The molecule has 0 fully saturated rings. The van der Waals surface area contributed by atoms with Crippen LogP contribution in [-0.4, -0.2) is 20.2 Å². The summed E-state index contributed by atoms with van der Waals surface area (Å²) in [5, 5.41) is 12.1. The van der Waals surface area contributed by atoms with Gasteiger partial charge in [-0.15, -0.1) is 10.2 Å². The fourth-order valence-corrected chi connectivity index (χ4v) is 1.15. The Morgan fingerprint density at radius 3 is 2.67 bits per heavy atom. The van der Waals surface area contributed by atoms with Crippen LogP contribution in [0.4, 0.5) is 0 Å². The summed E-state index contributed by atoms with van der Waals surface area (Å²) in [5.41, 5.74) is 0. The maximum absolute atomic E-state index is 4.24. The molecule has 0 bridgehead atoms. The van der Waals surface area contributed by atoms with Gasteiger partial charge in [-0.25, -0.2) is 0 Å². The van der Waals surface area contributed by atoms with Crippen LogP contribution < -0.4 is 0 Å². The monoisotopic (exact) mass is 168 g/mol. The van der Waals surface area contributed by atoms with Crippen LogP contribution in [0.5, 0.6) is 0 Å². The lowest BCUT2D eigenvalue weighted by Crippen LogP contribution is -2.00. The first-order valence-electron chi connectivity index (χ1n) is 4.55. The number of aromatic nitrogens is 4. The Bertz CT molecular complexity index is 231. The van der Waals surface area contributed by atoms with Gasteiger partial charge >= 0.3 is 0 Å². The van der Waals surface area contributed by atoms with Gasteiger partial charge in [-0.05, 0) is 18.6 Å². The largest absolute Gasteiger partial charge is 0.177 e. The van der Waals surface area contributed by atoms with Gasteiger partial charge in [0.1, 0.15) is 0 Å². The summed E-state index contributed by atoms with van der Waals surface area (Å²) in [6.07, 6.45) is 2.30. The Kier molecular flexibility index (Phi) is 3.19. The molecule has 0 aliphatic rings. The zero-order valence-electron chi connectivity index (χ0n) is 7.99. The predicted molar refractivity (Wildman–Crippen MR) is 46.8 cm³/mol. The third-order valence-electron chi connectivity index (χ3n) is 1.91. The minimum Gasteiger partial charge on any atom is -0.164 e. The fourth-order valence-electron chi connectivity index (χ4n) is 1.15. The van der Waals surface area contributed by atoms with Gasteiger partial charge in [0.15, 0.2) is 5.82 Å². The molecule has 0 aromatic carbocycles. The Morgan fingerprint density at radius 2 is 2.17 bits per heavy atom. The molecule has 1 aromatic rings. The number of aryl methyl sites for hydroxylation is 1. The average molecular weight is 168 g/mol. The first kappa shape index (κ1) is 9.16. The Balaban J connectivity index is 2.61. The van der Waals surface area contributed by atoms with Gasteiger partial charge in [0.05, 0.1) is 6.54 Å². The molecule has 68 valence electrons. The molecule has 0 saturated heterocycles. The average Bonchev–Trinajstić information content (AvgIpc) is 2.52. The Hall–Kier alpha value is -0.930. The van der Waals surface area contributed by atoms with E-state index in [4.69, 9.17) is 0 Å². The van der Waals surface area contributed by atoms with Gasteiger partial charge < -0.3 is 0 Å². The van der Waals surface area contributed by atoms with E-state index in [9.17, 15) is 0 Å².